The number of amides is 1. The predicted molar refractivity (Wildman–Crippen MR) is 72.3 cm³/mol. The number of rotatable bonds is 3. The molecule has 1 heterocycles. The van der Waals surface area contributed by atoms with Gasteiger partial charge in [-0.3, -0.25) is 4.79 Å². The highest BCUT2D eigenvalue weighted by Gasteiger charge is 2.43. The summed E-state index contributed by atoms with van der Waals surface area (Å²) < 4.78 is 57.3. The number of benzene rings is 1. The van der Waals surface area contributed by atoms with Crippen LogP contribution in [0.5, 0.6) is 5.75 Å². The van der Waals surface area contributed by atoms with E-state index in [2.05, 4.69) is 0 Å². The third-order valence-corrected chi connectivity index (χ3v) is 3.66. The molecule has 2 rings (SSSR count). The lowest BCUT2D eigenvalue weighted by molar-refractivity contribution is -0.184. The van der Waals surface area contributed by atoms with E-state index in [9.17, 15) is 22.4 Å². The van der Waals surface area contributed by atoms with Crippen LogP contribution in [0.1, 0.15) is 30.1 Å². The number of likely N-dealkylation sites (tertiary alicyclic amines) is 1. The van der Waals surface area contributed by atoms with Gasteiger partial charge in [0.05, 0.1) is 18.1 Å². The van der Waals surface area contributed by atoms with Gasteiger partial charge in [-0.1, -0.05) is 6.07 Å². The van der Waals surface area contributed by atoms with Crippen molar-refractivity contribution in [3.8, 4) is 5.75 Å². The molecule has 1 atom stereocenters. The highest BCUT2D eigenvalue weighted by molar-refractivity contribution is 5.97. The van der Waals surface area contributed by atoms with Crippen molar-refractivity contribution in [3.05, 3.63) is 29.6 Å². The van der Waals surface area contributed by atoms with E-state index in [1.807, 2.05) is 0 Å². The summed E-state index contributed by atoms with van der Waals surface area (Å²) in [5.74, 6) is -3.06. The van der Waals surface area contributed by atoms with Crippen molar-refractivity contribution < 1.29 is 27.1 Å². The first kappa shape index (κ1) is 16.6. The van der Waals surface area contributed by atoms with Crippen molar-refractivity contribution in [2.75, 3.05) is 19.7 Å². The fraction of sp³-hybridized carbons (Fsp3) is 0.533. The van der Waals surface area contributed by atoms with Crippen molar-refractivity contribution in [1.82, 2.24) is 4.90 Å². The molecule has 0 bridgehead atoms. The molecule has 1 fully saturated rings. The lowest BCUT2D eigenvalue weighted by Crippen LogP contribution is -2.44. The van der Waals surface area contributed by atoms with Crippen LogP contribution < -0.4 is 4.74 Å². The second kappa shape index (κ2) is 6.54. The molecule has 0 spiro atoms. The first-order valence-electron chi connectivity index (χ1n) is 7.12. The van der Waals surface area contributed by atoms with Crippen LogP contribution in [0.4, 0.5) is 17.6 Å². The lowest BCUT2D eigenvalue weighted by atomic mass is 9.97. The van der Waals surface area contributed by atoms with Gasteiger partial charge in [0.2, 0.25) is 0 Å². The van der Waals surface area contributed by atoms with E-state index in [1.165, 1.54) is 12.1 Å². The Kier molecular flexibility index (Phi) is 4.93. The van der Waals surface area contributed by atoms with Gasteiger partial charge < -0.3 is 9.64 Å². The molecule has 1 aromatic carbocycles. The van der Waals surface area contributed by atoms with Crippen molar-refractivity contribution in [3.63, 3.8) is 0 Å². The molecule has 122 valence electrons. The quantitative estimate of drug-likeness (QED) is 0.796. The molecular formula is C15H17F4NO2. The molecule has 1 aromatic rings. The Labute approximate surface area is 125 Å². The van der Waals surface area contributed by atoms with Gasteiger partial charge in [-0.25, -0.2) is 4.39 Å². The smallest absolute Gasteiger partial charge is 0.393 e. The SMILES string of the molecule is CCOc1c(F)cccc1C(=O)N1CCCC(C(F)(F)F)C1. The Balaban J connectivity index is 2.23. The van der Waals surface area contributed by atoms with Gasteiger partial charge in [-0.2, -0.15) is 13.2 Å². The number of ether oxygens (including phenoxy) is 1. The zero-order chi connectivity index (χ0) is 16.3. The highest BCUT2D eigenvalue weighted by Crippen LogP contribution is 2.34. The number of hydrogen-bond acceptors (Lipinski definition) is 2. The summed E-state index contributed by atoms with van der Waals surface area (Å²) in [7, 11) is 0. The maximum atomic E-state index is 13.8. The van der Waals surface area contributed by atoms with E-state index in [1.54, 1.807) is 6.92 Å². The van der Waals surface area contributed by atoms with Crippen LogP contribution in [-0.2, 0) is 0 Å². The zero-order valence-electron chi connectivity index (χ0n) is 12.1. The summed E-state index contributed by atoms with van der Waals surface area (Å²) >= 11 is 0. The summed E-state index contributed by atoms with van der Waals surface area (Å²) in [4.78, 5) is 13.6. The molecule has 0 saturated carbocycles. The Morgan fingerprint density at radius 1 is 1.41 bits per heavy atom. The van der Waals surface area contributed by atoms with E-state index in [0.717, 1.165) is 11.0 Å². The number of carbonyl (C=O) groups excluding carboxylic acids is 1. The van der Waals surface area contributed by atoms with Crippen LogP contribution in [0.2, 0.25) is 0 Å². The second-order valence-corrected chi connectivity index (χ2v) is 5.18. The molecule has 1 amide bonds. The van der Waals surface area contributed by atoms with Crippen molar-refractivity contribution >= 4 is 5.91 Å². The summed E-state index contributed by atoms with van der Waals surface area (Å²) in [5, 5.41) is 0. The largest absolute Gasteiger partial charge is 0.490 e. The zero-order valence-corrected chi connectivity index (χ0v) is 12.1. The molecule has 0 N–H and O–H groups in total. The maximum Gasteiger partial charge on any atom is 0.393 e. The van der Waals surface area contributed by atoms with Crippen LogP contribution in [0, 0.1) is 11.7 Å². The van der Waals surface area contributed by atoms with E-state index in [0.29, 0.717) is 0 Å². The molecule has 0 radical (unpaired) electrons. The number of halogens is 4. The third-order valence-electron chi connectivity index (χ3n) is 3.66. The molecule has 7 heteroatoms. The van der Waals surface area contributed by atoms with Gasteiger partial charge >= 0.3 is 6.18 Å². The molecule has 1 saturated heterocycles. The Hall–Kier alpha value is -1.79. The summed E-state index contributed by atoms with van der Waals surface area (Å²) in [6.45, 7) is 1.63. The number of piperidine rings is 1. The molecule has 1 aliphatic heterocycles. The minimum Gasteiger partial charge on any atom is -0.490 e. The number of hydrogen-bond donors (Lipinski definition) is 0. The second-order valence-electron chi connectivity index (χ2n) is 5.18. The molecule has 0 aromatic heterocycles. The summed E-state index contributed by atoms with van der Waals surface area (Å²) in [6.07, 6.45) is -4.05. The minimum absolute atomic E-state index is 0.00868. The number of para-hydroxylation sites is 1. The van der Waals surface area contributed by atoms with Gasteiger partial charge in [0.1, 0.15) is 0 Å². The van der Waals surface area contributed by atoms with E-state index < -0.39 is 30.4 Å². The first-order chi connectivity index (χ1) is 10.3. The first-order valence-corrected chi connectivity index (χ1v) is 7.12. The summed E-state index contributed by atoms with van der Waals surface area (Å²) in [6, 6.07) is 3.86. The van der Waals surface area contributed by atoms with Crippen LogP contribution in [0.3, 0.4) is 0 Å². The predicted octanol–water partition coefficient (Wildman–Crippen LogP) is 3.64. The van der Waals surface area contributed by atoms with Gasteiger partial charge in [-0.05, 0) is 31.9 Å². The Bertz CT molecular complexity index is 545. The Morgan fingerprint density at radius 3 is 2.77 bits per heavy atom. The standard InChI is InChI=1S/C15H17F4NO2/c1-2-22-13-11(6-3-7-12(13)16)14(21)20-8-4-5-10(9-20)15(17,18)19/h3,6-7,10H,2,4-5,8-9H2,1H3. The van der Waals surface area contributed by atoms with E-state index in [-0.39, 0.29) is 37.3 Å². The van der Waals surface area contributed by atoms with Gasteiger partial charge in [-0.15, -0.1) is 0 Å². The molecular weight excluding hydrogens is 302 g/mol. The number of nitrogens with zero attached hydrogens (tertiary/aromatic N) is 1. The summed E-state index contributed by atoms with van der Waals surface area (Å²) in [5.41, 5.74) is -0.0373. The minimum atomic E-state index is -4.33. The van der Waals surface area contributed by atoms with Gasteiger partial charge in [0.25, 0.3) is 5.91 Å². The normalized spacial score (nSPS) is 19.1. The van der Waals surface area contributed by atoms with Crippen LogP contribution in [0.25, 0.3) is 0 Å². The number of alkyl halides is 3. The average molecular weight is 319 g/mol. The average Bonchev–Trinajstić information content (AvgIpc) is 2.48. The number of carbonyl (C=O) groups is 1. The van der Waals surface area contributed by atoms with Crippen LogP contribution in [-0.4, -0.2) is 36.7 Å². The van der Waals surface area contributed by atoms with Gasteiger partial charge in [0, 0.05) is 13.1 Å². The third kappa shape index (κ3) is 3.51. The van der Waals surface area contributed by atoms with E-state index in [4.69, 9.17) is 4.74 Å². The van der Waals surface area contributed by atoms with E-state index >= 15 is 0 Å². The fourth-order valence-corrected chi connectivity index (χ4v) is 2.57. The highest BCUT2D eigenvalue weighted by atomic mass is 19.4. The van der Waals surface area contributed by atoms with Crippen molar-refractivity contribution in [2.45, 2.75) is 25.9 Å². The fourth-order valence-electron chi connectivity index (χ4n) is 2.57. The Morgan fingerprint density at radius 2 is 2.14 bits per heavy atom. The molecule has 0 aliphatic carbocycles. The van der Waals surface area contributed by atoms with Crippen molar-refractivity contribution in [1.29, 1.82) is 0 Å². The van der Waals surface area contributed by atoms with Crippen LogP contribution >= 0.6 is 0 Å². The molecule has 1 unspecified atom stereocenters. The lowest BCUT2D eigenvalue weighted by Gasteiger charge is -2.34. The topological polar surface area (TPSA) is 29.5 Å². The maximum absolute atomic E-state index is 13.8. The molecule has 1 aliphatic rings. The molecule has 3 nitrogen and oxygen atoms in total. The molecule has 22 heavy (non-hydrogen) atoms. The van der Waals surface area contributed by atoms with Crippen LogP contribution in [0.15, 0.2) is 18.2 Å². The van der Waals surface area contributed by atoms with Crippen molar-refractivity contribution in [2.24, 2.45) is 5.92 Å². The monoisotopic (exact) mass is 319 g/mol. The van der Waals surface area contributed by atoms with Gasteiger partial charge in [0.15, 0.2) is 11.6 Å².